The summed E-state index contributed by atoms with van der Waals surface area (Å²) < 4.78 is 0. The van der Waals surface area contributed by atoms with Crippen molar-refractivity contribution in [2.45, 2.75) is 33.2 Å². The summed E-state index contributed by atoms with van der Waals surface area (Å²) in [6.45, 7) is 4.63. The van der Waals surface area contributed by atoms with E-state index in [0.717, 1.165) is 35.2 Å². The third-order valence-electron chi connectivity index (χ3n) is 5.46. The lowest BCUT2D eigenvalue weighted by atomic mass is 10.1. The van der Waals surface area contributed by atoms with E-state index in [4.69, 9.17) is 11.6 Å². The number of amides is 2. The Labute approximate surface area is 192 Å². The molecule has 0 spiro atoms. The maximum atomic E-state index is 12.5. The summed E-state index contributed by atoms with van der Waals surface area (Å²) in [7, 11) is 0. The monoisotopic (exact) mass is 448 g/mol. The summed E-state index contributed by atoms with van der Waals surface area (Å²) >= 11 is 6.52. The topological polar surface area (TPSA) is 75.2 Å². The molecule has 1 aliphatic carbocycles. The summed E-state index contributed by atoms with van der Waals surface area (Å²) in [5.41, 5.74) is 4.71. The molecule has 1 aliphatic rings. The van der Waals surface area contributed by atoms with E-state index in [1.165, 1.54) is 0 Å². The van der Waals surface area contributed by atoms with Gasteiger partial charge in [-0.15, -0.1) is 0 Å². The predicted octanol–water partition coefficient (Wildman–Crippen LogP) is 4.80. The Morgan fingerprint density at radius 2 is 1.94 bits per heavy atom. The van der Waals surface area contributed by atoms with E-state index < -0.39 is 0 Å². The molecule has 1 saturated carbocycles. The minimum atomic E-state index is -0.198. The van der Waals surface area contributed by atoms with E-state index >= 15 is 0 Å². The van der Waals surface area contributed by atoms with Gasteiger partial charge in [-0.1, -0.05) is 23.7 Å². The van der Waals surface area contributed by atoms with Gasteiger partial charge in [0.2, 0.25) is 5.91 Å². The van der Waals surface area contributed by atoms with Gasteiger partial charge in [-0.05, 0) is 61.1 Å². The van der Waals surface area contributed by atoms with Gasteiger partial charge < -0.3 is 10.2 Å². The lowest BCUT2D eigenvalue weighted by Crippen LogP contribution is -2.30. The number of hydrogen-bond donors (Lipinski definition) is 1. The SMILES string of the molecule is CC(=O)N(CC1CC1)c1ccc(-c2ccc(C(=O)NCc3cncc(C)c3)cn2)cc1Cl. The van der Waals surface area contributed by atoms with Crippen molar-refractivity contribution in [3.63, 3.8) is 0 Å². The van der Waals surface area contributed by atoms with Crippen molar-refractivity contribution >= 4 is 29.1 Å². The summed E-state index contributed by atoms with van der Waals surface area (Å²) in [6, 6.07) is 11.1. The molecule has 0 saturated heterocycles. The van der Waals surface area contributed by atoms with E-state index in [-0.39, 0.29) is 11.8 Å². The van der Waals surface area contributed by atoms with Crippen LogP contribution in [-0.2, 0) is 11.3 Å². The van der Waals surface area contributed by atoms with Crippen molar-refractivity contribution < 1.29 is 9.59 Å². The molecule has 6 nitrogen and oxygen atoms in total. The van der Waals surface area contributed by atoms with Gasteiger partial charge in [-0.2, -0.15) is 0 Å². The molecule has 2 amide bonds. The molecule has 1 aromatic carbocycles. The summed E-state index contributed by atoms with van der Waals surface area (Å²) in [5, 5.41) is 3.39. The molecule has 2 aromatic heterocycles. The first-order valence-corrected chi connectivity index (χ1v) is 11.0. The van der Waals surface area contributed by atoms with Gasteiger partial charge >= 0.3 is 0 Å². The van der Waals surface area contributed by atoms with Gasteiger partial charge in [-0.3, -0.25) is 19.6 Å². The number of nitrogens with one attached hydrogen (secondary N) is 1. The molecule has 0 unspecified atom stereocenters. The van der Waals surface area contributed by atoms with E-state index in [2.05, 4.69) is 15.3 Å². The summed E-state index contributed by atoms with van der Waals surface area (Å²) in [5.74, 6) is 0.356. The van der Waals surface area contributed by atoms with Crippen LogP contribution < -0.4 is 10.2 Å². The summed E-state index contributed by atoms with van der Waals surface area (Å²) in [4.78, 5) is 34.9. The van der Waals surface area contributed by atoms with Crippen LogP contribution in [0.1, 0.15) is 41.3 Å². The van der Waals surface area contributed by atoms with Crippen molar-refractivity contribution in [1.82, 2.24) is 15.3 Å². The number of hydrogen-bond acceptors (Lipinski definition) is 4. The largest absolute Gasteiger partial charge is 0.348 e. The van der Waals surface area contributed by atoms with Gasteiger partial charge in [0.1, 0.15) is 0 Å². The highest BCUT2D eigenvalue weighted by atomic mass is 35.5. The predicted molar refractivity (Wildman–Crippen MR) is 126 cm³/mol. The van der Waals surface area contributed by atoms with E-state index in [1.807, 2.05) is 31.2 Å². The fourth-order valence-electron chi connectivity index (χ4n) is 3.54. The highest BCUT2D eigenvalue weighted by molar-refractivity contribution is 6.34. The first kappa shape index (κ1) is 22.0. The Balaban J connectivity index is 1.44. The third-order valence-corrected chi connectivity index (χ3v) is 5.77. The number of rotatable bonds is 7. The zero-order valence-electron chi connectivity index (χ0n) is 18.1. The standard InChI is InChI=1S/C25H25ClN4O2/c1-16-9-19(12-27-11-16)13-29-25(32)21-5-7-23(28-14-21)20-6-8-24(22(26)10-20)30(17(2)31)15-18-3-4-18/h5-12,14,18H,3-4,13,15H2,1-2H3,(H,29,32). The van der Waals surface area contributed by atoms with Gasteiger partial charge in [0, 0.05) is 44.2 Å². The number of nitrogens with zero attached hydrogens (tertiary/aromatic N) is 3. The Morgan fingerprint density at radius 1 is 1.12 bits per heavy atom. The second-order valence-electron chi connectivity index (χ2n) is 8.22. The van der Waals surface area contributed by atoms with E-state index in [0.29, 0.717) is 35.3 Å². The van der Waals surface area contributed by atoms with Crippen molar-refractivity contribution in [2.75, 3.05) is 11.4 Å². The number of benzene rings is 1. The van der Waals surface area contributed by atoms with Crippen molar-refractivity contribution in [1.29, 1.82) is 0 Å². The number of anilines is 1. The van der Waals surface area contributed by atoms with Crippen molar-refractivity contribution in [3.8, 4) is 11.3 Å². The van der Waals surface area contributed by atoms with Crippen LogP contribution in [0.5, 0.6) is 0 Å². The maximum absolute atomic E-state index is 12.5. The first-order chi connectivity index (χ1) is 15.4. The molecule has 2 heterocycles. The van der Waals surface area contributed by atoms with Crippen LogP contribution in [0.2, 0.25) is 5.02 Å². The lowest BCUT2D eigenvalue weighted by molar-refractivity contribution is -0.116. The average Bonchev–Trinajstić information content (AvgIpc) is 3.60. The minimum absolute atomic E-state index is 0.0125. The molecule has 164 valence electrons. The van der Waals surface area contributed by atoms with Crippen LogP contribution in [-0.4, -0.2) is 28.3 Å². The molecule has 0 atom stereocenters. The quantitative estimate of drug-likeness (QED) is 0.563. The van der Waals surface area contributed by atoms with E-state index in [9.17, 15) is 9.59 Å². The summed E-state index contributed by atoms with van der Waals surface area (Å²) in [6.07, 6.45) is 7.38. The van der Waals surface area contributed by atoms with Crippen LogP contribution in [0.4, 0.5) is 5.69 Å². The average molecular weight is 449 g/mol. The van der Waals surface area contributed by atoms with E-state index in [1.54, 1.807) is 42.5 Å². The molecular formula is C25H25ClN4O2. The molecule has 0 aliphatic heterocycles. The Morgan fingerprint density at radius 3 is 2.56 bits per heavy atom. The number of aryl methyl sites for hydroxylation is 1. The number of pyridine rings is 2. The second kappa shape index (κ2) is 9.49. The van der Waals surface area contributed by atoms with Crippen LogP contribution in [0, 0.1) is 12.8 Å². The zero-order valence-corrected chi connectivity index (χ0v) is 18.9. The van der Waals surface area contributed by atoms with Gasteiger partial charge in [-0.25, -0.2) is 0 Å². The molecule has 4 rings (SSSR count). The highest BCUT2D eigenvalue weighted by Gasteiger charge is 2.27. The van der Waals surface area contributed by atoms with Crippen LogP contribution in [0.3, 0.4) is 0 Å². The van der Waals surface area contributed by atoms with Gasteiger partial charge in [0.25, 0.3) is 5.91 Å². The molecule has 0 radical (unpaired) electrons. The zero-order chi connectivity index (χ0) is 22.7. The first-order valence-electron chi connectivity index (χ1n) is 10.6. The van der Waals surface area contributed by atoms with Crippen LogP contribution in [0.15, 0.2) is 55.0 Å². The maximum Gasteiger partial charge on any atom is 0.253 e. The second-order valence-corrected chi connectivity index (χ2v) is 8.63. The molecule has 32 heavy (non-hydrogen) atoms. The fraction of sp³-hybridized carbons (Fsp3) is 0.280. The Hall–Kier alpha value is -3.25. The number of carbonyl (C=O) groups is 2. The van der Waals surface area contributed by atoms with Crippen LogP contribution in [0.25, 0.3) is 11.3 Å². The van der Waals surface area contributed by atoms with Crippen molar-refractivity contribution in [3.05, 3.63) is 76.7 Å². The van der Waals surface area contributed by atoms with Gasteiger partial charge in [0.05, 0.1) is 22.0 Å². The van der Waals surface area contributed by atoms with Crippen molar-refractivity contribution in [2.24, 2.45) is 5.92 Å². The normalized spacial score (nSPS) is 13.0. The van der Waals surface area contributed by atoms with Gasteiger partial charge in [0.15, 0.2) is 0 Å². The molecule has 1 N–H and O–H groups in total. The smallest absolute Gasteiger partial charge is 0.253 e. The number of aromatic nitrogens is 2. The molecular weight excluding hydrogens is 424 g/mol. The molecule has 0 bridgehead atoms. The number of carbonyl (C=O) groups excluding carboxylic acids is 2. The minimum Gasteiger partial charge on any atom is -0.348 e. The fourth-order valence-corrected chi connectivity index (χ4v) is 3.82. The molecule has 7 heteroatoms. The number of halogens is 1. The third kappa shape index (κ3) is 5.32. The molecule has 1 fully saturated rings. The highest BCUT2D eigenvalue weighted by Crippen LogP contribution is 2.35. The Bertz CT molecular complexity index is 1140. The Kier molecular flexibility index (Phi) is 6.51. The molecule has 3 aromatic rings. The lowest BCUT2D eigenvalue weighted by Gasteiger charge is -2.22. The van der Waals surface area contributed by atoms with Crippen LogP contribution >= 0.6 is 11.6 Å².